The molecule has 0 aromatic heterocycles. The standard InChI is InChI=1S/C20H31NO2/c1-19(2,3)21(17-11-6-5-7-12-17)18(22)14-13-16-10-8-9-15-20(16,4)23/h5-7,11-12,16,23H,8-10,13-15H2,1-4H3. The third-order valence-electron chi connectivity index (χ3n) is 5.01. The molecule has 0 saturated heterocycles. The average molecular weight is 317 g/mol. The van der Waals surface area contributed by atoms with E-state index in [0.29, 0.717) is 6.42 Å². The molecule has 1 aromatic carbocycles. The molecule has 0 radical (unpaired) electrons. The minimum atomic E-state index is -0.613. The number of hydrogen-bond acceptors (Lipinski definition) is 2. The van der Waals surface area contributed by atoms with Gasteiger partial charge in [-0.2, -0.15) is 0 Å². The predicted octanol–water partition coefficient (Wildman–Crippen LogP) is 4.54. The number of benzene rings is 1. The van der Waals surface area contributed by atoms with Gasteiger partial charge in [0.2, 0.25) is 5.91 Å². The summed E-state index contributed by atoms with van der Waals surface area (Å²) in [4.78, 5) is 14.8. The summed E-state index contributed by atoms with van der Waals surface area (Å²) in [6.45, 7) is 8.12. The minimum Gasteiger partial charge on any atom is -0.390 e. The molecule has 1 fully saturated rings. The van der Waals surface area contributed by atoms with Crippen LogP contribution in [0.1, 0.15) is 66.2 Å². The number of anilines is 1. The van der Waals surface area contributed by atoms with Crippen molar-refractivity contribution in [3.05, 3.63) is 30.3 Å². The lowest BCUT2D eigenvalue weighted by molar-refractivity contribution is -0.120. The Hall–Kier alpha value is -1.35. The van der Waals surface area contributed by atoms with Gasteiger partial charge >= 0.3 is 0 Å². The molecule has 3 nitrogen and oxygen atoms in total. The quantitative estimate of drug-likeness (QED) is 0.885. The van der Waals surface area contributed by atoms with Crippen molar-refractivity contribution >= 4 is 11.6 Å². The Kier molecular flexibility index (Phi) is 5.51. The van der Waals surface area contributed by atoms with Gasteiger partial charge in [0, 0.05) is 17.6 Å². The Bertz CT molecular complexity index is 516. The van der Waals surface area contributed by atoms with Gasteiger partial charge in [0.05, 0.1) is 5.60 Å². The first-order valence-electron chi connectivity index (χ1n) is 8.82. The fourth-order valence-electron chi connectivity index (χ4n) is 3.74. The first-order chi connectivity index (χ1) is 10.7. The fraction of sp³-hybridized carbons (Fsp3) is 0.650. The summed E-state index contributed by atoms with van der Waals surface area (Å²) >= 11 is 0. The van der Waals surface area contributed by atoms with E-state index >= 15 is 0 Å². The largest absolute Gasteiger partial charge is 0.390 e. The third-order valence-corrected chi connectivity index (χ3v) is 5.01. The summed E-state index contributed by atoms with van der Waals surface area (Å²) < 4.78 is 0. The van der Waals surface area contributed by atoms with Crippen LogP contribution in [0.5, 0.6) is 0 Å². The molecule has 0 bridgehead atoms. The van der Waals surface area contributed by atoms with Gasteiger partial charge < -0.3 is 10.0 Å². The molecule has 1 aromatic rings. The van der Waals surface area contributed by atoms with Crippen LogP contribution in [-0.4, -0.2) is 22.2 Å². The van der Waals surface area contributed by atoms with Crippen molar-refractivity contribution in [2.75, 3.05) is 4.90 Å². The number of nitrogens with zero attached hydrogens (tertiary/aromatic N) is 1. The first kappa shape index (κ1) is 18.0. The van der Waals surface area contributed by atoms with E-state index in [2.05, 4.69) is 20.8 Å². The number of rotatable bonds is 4. The zero-order chi connectivity index (χ0) is 17.1. The van der Waals surface area contributed by atoms with Gasteiger partial charge in [0.15, 0.2) is 0 Å². The van der Waals surface area contributed by atoms with Crippen LogP contribution < -0.4 is 4.90 Å². The molecule has 2 unspecified atom stereocenters. The minimum absolute atomic E-state index is 0.144. The van der Waals surface area contributed by atoms with E-state index in [-0.39, 0.29) is 17.4 Å². The van der Waals surface area contributed by atoms with Crippen molar-refractivity contribution in [1.82, 2.24) is 0 Å². The van der Waals surface area contributed by atoms with E-state index in [1.807, 2.05) is 42.2 Å². The Morgan fingerprint density at radius 3 is 2.48 bits per heavy atom. The van der Waals surface area contributed by atoms with Gasteiger partial charge in [0.25, 0.3) is 0 Å². The van der Waals surface area contributed by atoms with Crippen LogP contribution in [0.15, 0.2) is 30.3 Å². The van der Waals surface area contributed by atoms with Gasteiger partial charge in [-0.05, 0) is 65.0 Å². The highest BCUT2D eigenvalue weighted by atomic mass is 16.3. The van der Waals surface area contributed by atoms with Gasteiger partial charge in [-0.3, -0.25) is 4.79 Å². The zero-order valence-corrected chi connectivity index (χ0v) is 15.0. The number of aliphatic hydroxyl groups is 1. The second-order valence-corrected chi connectivity index (χ2v) is 8.07. The van der Waals surface area contributed by atoms with Crippen LogP contribution >= 0.6 is 0 Å². The summed E-state index contributed by atoms with van der Waals surface area (Å²) in [5, 5.41) is 10.5. The maximum Gasteiger partial charge on any atom is 0.227 e. The monoisotopic (exact) mass is 317 g/mol. The molecule has 3 heteroatoms. The van der Waals surface area contributed by atoms with E-state index < -0.39 is 5.60 Å². The third kappa shape index (κ3) is 4.57. The van der Waals surface area contributed by atoms with Crippen LogP contribution in [0.2, 0.25) is 0 Å². The highest BCUT2D eigenvalue weighted by Crippen LogP contribution is 2.37. The highest BCUT2D eigenvalue weighted by molar-refractivity contribution is 5.94. The van der Waals surface area contributed by atoms with Crippen molar-refractivity contribution < 1.29 is 9.90 Å². The molecular formula is C20H31NO2. The molecule has 0 aliphatic heterocycles. The number of carbonyl (C=O) groups excluding carboxylic acids is 1. The Labute approximate surface area is 140 Å². The van der Waals surface area contributed by atoms with Crippen LogP contribution in [0.4, 0.5) is 5.69 Å². The van der Waals surface area contributed by atoms with E-state index in [4.69, 9.17) is 0 Å². The van der Waals surface area contributed by atoms with Crippen LogP contribution in [-0.2, 0) is 4.79 Å². The first-order valence-corrected chi connectivity index (χ1v) is 8.82. The SMILES string of the molecule is CC1(O)CCCCC1CCC(=O)N(c1ccccc1)C(C)(C)C. The van der Waals surface area contributed by atoms with Crippen molar-refractivity contribution in [2.45, 2.75) is 77.4 Å². The van der Waals surface area contributed by atoms with E-state index in [0.717, 1.165) is 37.8 Å². The van der Waals surface area contributed by atoms with Crippen molar-refractivity contribution in [1.29, 1.82) is 0 Å². The zero-order valence-electron chi connectivity index (χ0n) is 15.0. The van der Waals surface area contributed by atoms with Crippen LogP contribution in [0.3, 0.4) is 0 Å². The number of amides is 1. The molecule has 2 atom stereocenters. The molecule has 128 valence electrons. The molecule has 2 rings (SSSR count). The molecule has 1 N–H and O–H groups in total. The summed E-state index contributed by atoms with van der Waals surface area (Å²) in [6.07, 6.45) is 5.40. The Morgan fingerprint density at radius 2 is 1.91 bits per heavy atom. The van der Waals surface area contributed by atoms with E-state index in [1.54, 1.807) is 0 Å². The second kappa shape index (κ2) is 7.04. The molecule has 1 aliphatic carbocycles. The maximum atomic E-state index is 12.9. The smallest absolute Gasteiger partial charge is 0.227 e. The summed E-state index contributed by atoms with van der Waals surface area (Å²) in [5.41, 5.74) is 0.0751. The second-order valence-electron chi connectivity index (χ2n) is 8.07. The number of hydrogen-bond donors (Lipinski definition) is 1. The summed E-state index contributed by atoms with van der Waals surface area (Å²) in [5.74, 6) is 0.378. The van der Waals surface area contributed by atoms with Crippen LogP contribution in [0.25, 0.3) is 0 Å². The molecule has 1 amide bonds. The summed E-state index contributed by atoms with van der Waals surface area (Å²) in [7, 11) is 0. The molecule has 0 spiro atoms. The fourth-order valence-corrected chi connectivity index (χ4v) is 3.74. The van der Waals surface area contributed by atoms with E-state index in [9.17, 15) is 9.90 Å². The molecule has 1 saturated carbocycles. The van der Waals surface area contributed by atoms with Crippen molar-refractivity contribution in [3.63, 3.8) is 0 Å². The maximum absolute atomic E-state index is 12.9. The lowest BCUT2D eigenvalue weighted by atomic mass is 9.74. The average Bonchev–Trinajstić information content (AvgIpc) is 2.45. The molecular weight excluding hydrogens is 286 g/mol. The number of para-hydroxylation sites is 1. The van der Waals surface area contributed by atoms with E-state index in [1.165, 1.54) is 0 Å². The van der Waals surface area contributed by atoms with Crippen LogP contribution in [0, 0.1) is 5.92 Å². The lowest BCUT2D eigenvalue weighted by Crippen LogP contribution is -2.46. The number of carbonyl (C=O) groups is 1. The van der Waals surface area contributed by atoms with Gasteiger partial charge in [-0.1, -0.05) is 31.0 Å². The molecule has 1 aliphatic rings. The molecule has 23 heavy (non-hydrogen) atoms. The Morgan fingerprint density at radius 1 is 1.26 bits per heavy atom. The van der Waals surface area contributed by atoms with Crippen molar-refractivity contribution in [3.8, 4) is 0 Å². The summed E-state index contributed by atoms with van der Waals surface area (Å²) in [6, 6.07) is 9.87. The van der Waals surface area contributed by atoms with Gasteiger partial charge in [-0.25, -0.2) is 0 Å². The molecule has 0 heterocycles. The van der Waals surface area contributed by atoms with Crippen molar-refractivity contribution in [2.24, 2.45) is 5.92 Å². The highest BCUT2D eigenvalue weighted by Gasteiger charge is 2.35. The van der Waals surface area contributed by atoms with Gasteiger partial charge in [-0.15, -0.1) is 0 Å². The topological polar surface area (TPSA) is 40.5 Å². The van der Waals surface area contributed by atoms with Gasteiger partial charge in [0.1, 0.15) is 0 Å². The normalized spacial score (nSPS) is 25.2. The predicted molar refractivity (Wildman–Crippen MR) is 95.5 cm³/mol. The lowest BCUT2D eigenvalue weighted by Gasteiger charge is -2.39. The Balaban J connectivity index is 2.07.